The summed E-state index contributed by atoms with van der Waals surface area (Å²) in [5.41, 5.74) is 0. The van der Waals surface area contributed by atoms with Gasteiger partial charge in [0.1, 0.15) is 6.54 Å². The van der Waals surface area contributed by atoms with Crippen molar-refractivity contribution >= 4 is 11.9 Å². The second-order valence-electron chi connectivity index (χ2n) is 7.92. The van der Waals surface area contributed by atoms with Gasteiger partial charge < -0.3 is 24.2 Å². The Morgan fingerprint density at radius 2 is 1.70 bits per heavy atom. The fourth-order valence-electron chi connectivity index (χ4n) is 2.61. The summed E-state index contributed by atoms with van der Waals surface area (Å²) < 4.78 is 5.60. The number of carbonyl (C=O) groups is 2. The first-order chi connectivity index (χ1) is 12.7. The first-order valence-electron chi connectivity index (χ1n) is 9.86. The van der Waals surface area contributed by atoms with E-state index in [9.17, 15) is 19.8 Å². The van der Waals surface area contributed by atoms with Crippen molar-refractivity contribution in [3.63, 3.8) is 0 Å². The van der Waals surface area contributed by atoms with E-state index in [1.807, 2.05) is 27.2 Å². The summed E-state index contributed by atoms with van der Waals surface area (Å²) in [6, 6.07) is 0. The molecule has 1 N–H and O–H groups in total. The van der Waals surface area contributed by atoms with Crippen LogP contribution in [0, 0.1) is 0 Å². The van der Waals surface area contributed by atoms with E-state index >= 15 is 0 Å². The minimum atomic E-state index is -1.31. The Labute approximate surface area is 164 Å². The number of hydrogen-bond donors (Lipinski definition) is 1. The summed E-state index contributed by atoms with van der Waals surface area (Å²) in [6.45, 7) is 2.52. The highest BCUT2D eigenvalue weighted by atomic mass is 16.6. The first-order valence-corrected chi connectivity index (χ1v) is 9.86. The lowest BCUT2D eigenvalue weighted by molar-refractivity contribution is -0.873. The number of aliphatic carboxylic acids is 1. The van der Waals surface area contributed by atoms with Crippen LogP contribution in [0.2, 0.25) is 0 Å². The molecule has 2 atom stereocenters. The van der Waals surface area contributed by atoms with Gasteiger partial charge in [0.25, 0.3) is 0 Å². The maximum atomic E-state index is 12.0. The highest BCUT2D eigenvalue weighted by molar-refractivity contribution is 5.75. The van der Waals surface area contributed by atoms with E-state index in [4.69, 9.17) is 4.74 Å². The number of unbranched alkanes of at least 4 members (excludes halogenated alkanes) is 5. The Kier molecular flexibility index (Phi) is 13.5. The van der Waals surface area contributed by atoms with E-state index in [1.54, 1.807) is 12.2 Å². The molecule has 27 heavy (non-hydrogen) atoms. The number of aliphatic hydroxyl groups excluding tert-OH is 1. The molecule has 0 aromatic heterocycles. The third-order valence-electron chi connectivity index (χ3n) is 3.92. The van der Waals surface area contributed by atoms with Crippen LogP contribution in [0.15, 0.2) is 24.3 Å². The van der Waals surface area contributed by atoms with E-state index in [0.29, 0.717) is 11.0 Å². The smallest absolute Gasteiger partial charge is 0.335 e. The molecule has 0 saturated heterocycles. The zero-order valence-electron chi connectivity index (χ0n) is 17.4. The maximum Gasteiger partial charge on any atom is 0.335 e. The number of rotatable bonds is 15. The van der Waals surface area contributed by atoms with Crippen molar-refractivity contribution in [3.05, 3.63) is 24.3 Å². The maximum absolute atomic E-state index is 12.0. The lowest BCUT2D eigenvalue weighted by Crippen LogP contribution is -2.46. The third kappa shape index (κ3) is 16.3. The van der Waals surface area contributed by atoms with Gasteiger partial charge in [-0.3, -0.25) is 0 Å². The molecule has 0 amide bonds. The lowest BCUT2D eigenvalue weighted by Gasteiger charge is -2.29. The SMILES string of the molecule is CCCCCCC/C=C/C=C/CC(O)C(=O)OC(CC(=O)[O-])C[N+](C)(C)C. The molecule has 0 heterocycles. The number of carboxylic acid groups (broad SMARTS) is 1. The second-order valence-corrected chi connectivity index (χ2v) is 7.92. The Bertz CT molecular complexity index is 479. The Morgan fingerprint density at radius 1 is 1.07 bits per heavy atom. The molecule has 6 heteroatoms. The van der Waals surface area contributed by atoms with Crippen molar-refractivity contribution in [1.29, 1.82) is 0 Å². The first kappa shape index (κ1) is 25.3. The molecule has 0 saturated carbocycles. The standard InChI is InChI=1S/C21H37NO5/c1-5-6-7-8-9-10-11-12-13-14-15-19(23)21(26)27-18(16-20(24)25)17-22(2,3)4/h11-14,18-19,23H,5-10,15-17H2,1-4H3/b12-11+,14-13+. The fourth-order valence-corrected chi connectivity index (χ4v) is 2.61. The van der Waals surface area contributed by atoms with Gasteiger partial charge in [0.15, 0.2) is 12.2 Å². The van der Waals surface area contributed by atoms with E-state index in [-0.39, 0.29) is 12.8 Å². The average Bonchev–Trinajstić information content (AvgIpc) is 2.54. The number of ether oxygens (including phenoxy) is 1. The Hall–Kier alpha value is -1.66. The zero-order chi connectivity index (χ0) is 20.7. The highest BCUT2D eigenvalue weighted by Crippen LogP contribution is 2.08. The summed E-state index contributed by atoms with van der Waals surface area (Å²) in [7, 11) is 5.60. The number of quaternary nitrogens is 1. The molecule has 0 fully saturated rings. The predicted octanol–water partition coefficient (Wildman–Crippen LogP) is 1.97. The topological polar surface area (TPSA) is 86.7 Å². The van der Waals surface area contributed by atoms with Gasteiger partial charge in [0, 0.05) is 18.8 Å². The average molecular weight is 384 g/mol. The molecule has 156 valence electrons. The summed E-state index contributed by atoms with van der Waals surface area (Å²) in [6.07, 6.45) is 12.3. The van der Waals surface area contributed by atoms with Crippen molar-refractivity contribution in [2.45, 2.75) is 70.5 Å². The molecule has 0 aliphatic heterocycles. The molecular weight excluding hydrogens is 346 g/mol. The molecule has 6 nitrogen and oxygen atoms in total. The highest BCUT2D eigenvalue weighted by Gasteiger charge is 2.25. The molecule has 0 aliphatic carbocycles. The van der Waals surface area contributed by atoms with Crippen LogP contribution in [0.1, 0.15) is 58.3 Å². The van der Waals surface area contributed by atoms with Crippen molar-refractivity contribution in [2.24, 2.45) is 0 Å². The van der Waals surface area contributed by atoms with Gasteiger partial charge in [-0.2, -0.15) is 0 Å². The van der Waals surface area contributed by atoms with Crippen LogP contribution in [-0.4, -0.2) is 61.4 Å². The van der Waals surface area contributed by atoms with E-state index in [2.05, 4.69) is 13.0 Å². The van der Waals surface area contributed by atoms with Crippen LogP contribution in [-0.2, 0) is 14.3 Å². The number of likely N-dealkylation sites (N-methyl/N-ethyl adjacent to an activating group) is 1. The van der Waals surface area contributed by atoms with Gasteiger partial charge in [-0.15, -0.1) is 0 Å². The quantitative estimate of drug-likeness (QED) is 0.202. The van der Waals surface area contributed by atoms with E-state index in [1.165, 1.54) is 32.1 Å². The van der Waals surface area contributed by atoms with Crippen LogP contribution in [0.25, 0.3) is 0 Å². The number of esters is 1. The minimum Gasteiger partial charge on any atom is -0.550 e. The third-order valence-corrected chi connectivity index (χ3v) is 3.92. The normalized spacial score (nSPS) is 14.6. The van der Waals surface area contributed by atoms with Gasteiger partial charge in [-0.25, -0.2) is 4.79 Å². The minimum absolute atomic E-state index is 0.127. The lowest BCUT2D eigenvalue weighted by atomic mass is 10.1. The van der Waals surface area contributed by atoms with Crippen molar-refractivity contribution in [3.8, 4) is 0 Å². The van der Waals surface area contributed by atoms with Gasteiger partial charge in [-0.1, -0.05) is 56.9 Å². The summed E-state index contributed by atoms with van der Waals surface area (Å²) in [5.74, 6) is -2.09. The van der Waals surface area contributed by atoms with E-state index in [0.717, 1.165) is 6.42 Å². The number of allylic oxidation sites excluding steroid dienone is 3. The largest absolute Gasteiger partial charge is 0.550 e. The molecule has 0 radical (unpaired) electrons. The fraction of sp³-hybridized carbons (Fsp3) is 0.714. The number of carbonyl (C=O) groups excluding carboxylic acids is 2. The monoisotopic (exact) mass is 383 g/mol. The van der Waals surface area contributed by atoms with Crippen LogP contribution in [0.3, 0.4) is 0 Å². The molecule has 0 aromatic rings. The molecule has 0 bridgehead atoms. The second kappa shape index (κ2) is 14.4. The summed E-state index contributed by atoms with van der Waals surface area (Å²) in [4.78, 5) is 22.8. The van der Waals surface area contributed by atoms with Crippen molar-refractivity contribution in [1.82, 2.24) is 0 Å². The van der Waals surface area contributed by atoms with Gasteiger partial charge in [0.2, 0.25) is 0 Å². The zero-order valence-corrected chi connectivity index (χ0v) is 17.4. The van der Waals surface area contributed by atoms with Crippen LogP contribution >= 0.6 is 0 Å². The molecule has 0 spiro atoms. The number of hydrogen-bond acceptors (Lipinski definition) is 5. The van der Waals surface area contributed by atoms with Gasteiger partial charge in [0.05, 0.1) is 21.1 Å². The van der Waals surface area contributed by atoms with Crippen molar-refractivity contribution in [2.75, 3.05) is 27.7 Å². The predicted molar refractivity (Wildman–Crippen MR) is 105 cm³/mol. The van der Waals surface area contributed by atoms with Crippen LogP contribution in [0.5, 0.6) is 0 Å². The molecule has 0 aromatic carbocycles. The Balaban J connectivity index is 4.21. The molecular formula is C21H37NO5. The summed E-state index contributed by atoms with van der Waals surface area (Å²) >= 11 is 0. The van der Waals surface area contributed by atoms with Crippen molar-refractivity contribution < 1.29 is 29.0 Å². The summed E-state index contributed by atoms with van der Waals surface area (Å²) in [5, 5.41) is 20.7. The van der Waals surface area contributed by atoms with Crippen LogP contribution in [0.4, 0.5) is 0 Å². The van der Waals surface area contributed by atoms with Gasteiger partial charge in [-0.05, 0) is 12.8 Å². The molecule has 0 rings (SSSR count). The number of aliphatic hydroxyl groups is 1. The van der Waals surface area contributed by atoms with Crippen LogP contribution < -0.4 is 5.11 Å². The number of nitrogens with zero attached hydrogens (tertiary/aromatic N) is 1. The van der Waals surface area contributed by atoms with E-state index < -0.39 is 24.1 Å². The van der Waals surface area contributed by atoms with Gasteiger partial charge >= 0.3 is 5.97 Å². The molecule has 2 unspecified atom stereocenters. The Morgan fingerprint density at radius 3 is 2.30 bits per heavy atom. The molecule has 0 aliphatic rings. The number of carboxylic acids is 1.